The van der Waals surface area contributed by atoms with Crippen LogP contribution >= 0.6 is 0 Å². The number of hydrogen-bond acceptors (Lipinski definition) is 3. The predicted molar refractivity (Wildman–Crippen MR) is 62.8 cm³/mol. The summed E-state index contributed by atoms with van der Waals surface area (Å²) in [5.41, 5.74) is 1.73. The van der Waals surface area contributed by atoms with Gasteiger partial charge in [0.15, 0.2) is 0 Å². The van der Waals surface area contributed by atoms with E-state index in [1.807, 2.05) is 13.0 Å². The molecule has 0 saturated heterocycles. The number of aliphatic hydroxyl groups is 1. The van der Waals surface area contributed by atoms with E-state index in [1.165, 1.54) is 0 Å². The van der Waals surface area contributed by atoms with Gasteiger partial charge < -0.3 is 5.11 Å². The molecule has 0 aliphatic carbocycles. The van der Waals surface area contributed by atoms with E-state index >= 15 is 0 Å². The van der Waals surface area contributed by atoms with Gasteiger partial charge in [-0.2, -0.15) is 0 Å². The van der Waals surface area contributed by atoms with E-state index in [4.69, 9.17) is 5.11 Å². The molecule has 90 valence electrons. The summed E-state index contributed by atoms with van der Waals surface area (Å²) < 4.78 is 26.2. The van der Waals surface area contributed by atoms with Gasteiger partial charge in [0.05, 0.1) is 11.5 Å². The van der Waals surface area contributed by atoms with Crippen LogP contribution in [0.4, 0.5) is 0 Å². The first-order chi connectivity index (χ1) is 7.36. The Morgan fingerprint density at radius 1 is 1.38 bits per heavy atom. The highest BCUT2D eigenvalue weighted by atomic mass is 32.2. The van der Waals surface area contributed by atoms with Crippen LogP contribution in [-0.2, 0) is 10.0 Å². The fourth-order valence-electron chi connectivity index (χ4n) is 1.47. The van der Waals surface area contributed by atoms with Crippen molar-refractivity contribution in [1.29, 1.82) is 0 Å². The fourth-order valence-corrected chi connectivity index (χ4v) is 2.93. The molecule has 1 rings (SSSR count). The van der Waals surface area contributed by atoms with Crippen molar-refractivity contribution in [1.82, 2.24) is 4.72 Å². The lowest BCUT2D eigenvalue weighted by Crippen LogP contribution is -2.35. The first-order valence-corrected chi connectivity index (χ1v) is 6.55. The van der Waals surface area contributed by atoms with Crippen LogP contribution in [0.2, 0.25) is 0 Å². The second-order valence-corrected chi connectivity index (χ2v) is 5.66. The standard InChI is InChI=1S/C11H17NO3S/c1-8-4-5-11(9(2)6-8)16(14,15)12-10(3)7-13/h4-6,10,12-13H,7H2,1-3H3. The largest absolute Gasteiger partial charge is 0.395 e. The maximum absolute atomic E-state index is 11.9. The molecule has 1 atom stereocenters. The Kier molecular flexibility index (Phi) is 4.07. The summed E-state index contributed by atoms with van der Waals surface area (Å²) in [5, 5.41) is 8.83. The van der Waals surface area contributed by atoms with E-state index in [9.17, 15) is 8.42 Å². The molecule has 2 N–H and O–H groups in total. The van der Waals surface area contributed by atoms with Gasteiger partial charge in [0.2, 0.25) is 10.0 Å². The monoisotopic (exact) mass is 243 g/mol. The Morgan fingerprint density at radius 3 is 2.50 bits per heavy atom. The van der Waals surface area contributed by atoms with E-state index in [1.54, 1.807) is 26.0 Å². The Morgan fingerprint density at radius 2 is 2.00 bits per heavy atom. The van der Waals surface area contributed by atoms with Crippen molar-refractivity contribution in [3.05, 3.63) is 29.3 Å². The number of aliphatic hydroxyl groups excluding tert-OH is 1. The molecule has 0 radical (unpaired) electrons. The van der Waals surface area contributed by atoms with Crippen LogP contribution in [0.1, 0.15) is 18.1 Å². The lowest BCUT2D eigenvalue weighted by atomic mass is 10.2. The number of rotatable bonds is 4. The Hall–Kier alpha value is -0.910. The van der Waals surface area contributed by atoms with Gasteiger partial charge in [-0.3, -0.25) is 0 Å². The summed E-state index contributed by atoms with van der Waals surface area (Å²) in [5.74, 6) is 0. The maximum Gasteiger partial charge on any atom is 0.241 e. The van der Waals surface area contributed by atoms with Crippen molar-refractivity contribution in [2.24, 2.45) is 0 Å². The highest BCUT2D eigenvalue weighted by Crippen LogP contribution is 2.16. The third kappa shape index (κ3) is 3.04. The van der Waals surface area contributed by atoms with Crippen LogP contribution < -0.4 is 4.72 Å². The molecule has 0 aliphatic rings. The van der Waals surface area contributed by atoms with Crippen molar-refractivity contribution in [2.45, 2.75) is 31.7 Å². The maximum atomic E-state index is 11.9. The summed E-state index contributed by atoms with van der Waals surface area (Å²) in [6.45, 7) is 5.06. The zero-order valence-electron chi connectivity index (χ0n) is 9.69. The molecule has 0 aromatic heterocycles. The number of nitrogens with one attached hydrogen (secondary N) is 1. The lowest BCUT2D eigenvalue weighted by molar-refractivity contribution is 0.265. The first kappa shape index (κ1) is 13.2. The van der Waals surface area contributed by atoms with Crippen LogP contribution in [-0.4, -0.2) is 26.2 Å². The SMILES string of the molecule is Cc1ccc(S(=O)(=O)NC(C)CO)c(C)c1. The van der Waals surface area contributed by atoms with Crippen LogP contribution in [0, 0.1) is 13.8 Å². The highest BCUT2D eigenvalue weighted by Gasteiger charge is 2.18. The molecular weight excluding hydrogens is 226 g/mol. The Balaban J connectivity index is 3.08. The van der Waals surface area contributed by atoms with Gasteiger partial charge in [0.1, 0.15) is 0 Å². The van der Waals surface area contributed by atoms with Gasteiger partial charge in [0.25, 0.3) is 0 Å². The molecule has 1 aromatic carbocycles. The smallest absolute Gasteiger partial charge is 0.241 e. The number of hydrogen-bond donors (Lipinski definition) is 2. The molecule has 16 heavy (non-hydrogen) atoms. The van der Waals surface area contributed by atoms with Gasteiger partial charge >= 0.3 is 0 Å². The number of benzene rings is 1. The van der Waals surface area contributed by atoms with E-state index in [0.29, 0.717) is 5.56 Å². The third-order valence-electron chi connectivity index (χ3n) is 2.25. The average molecular weight is 243 g/mol. The molecule has 0 heterocycles. The molecule has 1 aromatic rings. The van der Waals surface area contributed by atoms with Crippen molar-refractivity contribution < 1.29 is 13.5 Å². The first-order valence-electron chi connectivity index (χ1n) is 5.07. The summed E-state index contributed by atoms with van der Waals surface area (Å²) >= 11 is 0. The summed E-state index contributed by atoms with van der Waals surface area (Å²) in [4.78, 5) is 0.262. The van der Waals surface area contributed by atoms with Gasteiger partial charge in [-0.1, -0.05) is 17.7 Å². The van der Waals surface area contributed by atoms with Crippen molar-refractivity contribution in [3.63, 3.8) is 0 Å². The normalized spacial score (nSPS) is 13.8. The second kappa shape index (κ2) is 4.95. The molecule has 5 heteroatoms. The minimum Gasteiger partial charge on any atom is -0.395 e. The summed E-state index contributed by atoms with van der Waals surface area (Å²) in [6.07, 6.45) is 0. The molecule has 0 aliphatic heterocycles. The van der Waals surface area contributed by atoms with Gasteiger partial charge in [0, 0.05) is 6.04 Å². The number of aryl methyl sites for hydroxylation is 2. The second-order valence-electron chi connectivity index (χ2n) is 3.97. The van der Waals surface area contributed by atoms with Gasteiger partial charge in [-0.05, 0) is 32.4 Å². The quantitative estimate of drug-likeness (QED) is 0.828. The lowest BCUT2D eigenvalue weighted by Gasteiger charge is -2.13. The average Bonchev–Trinajstić information content (AvgIpc) is 2.16. The van der Waals surface area contributed by atoms with Gasteiger partial charge in [-0.15, -0.1) is 0 Å². The zero-order chi connectivity index (χ0) is 12.3. The van der Waals surface area contributed by atoms with Crippen LogP contribution in [0.5, 0.6) is 0 Å². The minimum absolute atomic E-state index is 0.218. The topological polar surface area (TPSA) is 66.4 Å². The van der Waals surface area contributed by atoms with Crippen molar-refractivity contribution >= 4 is 10.0 Å². The summed E-state index contributed by atoms with van der Waals surface area (Å²) in [6, 6.07) is 4.67. The zero-order valence-corrected chi connectivity index (χ0v) is 10.5. The molecule has 0 bridgehead atoms. The van der Waals surface area contributed by atoms with Gasteiger partial charge in [-0.25, -0.2) is 13.1 Å². The van der Waals surface area contributed by atoms with Crippen LogP contribution in [0.3, 0.4) is 0 Å². The molecule has 0 saturated carbocycles. The predicted octanol–water partition coefficient (Wildman–Crippen LogP) is 0.963. The third-order valence-corrected chi connectivity index (χ3v) is 4.00. The van der Waals surface area contributed by atoms with E-state index in [2.05, 4.69) is 4.72 Å². The van der Waals surface area contributed by atoms with Crippen molar-refractivity contribution in [3.8, 4) is 0 Å². The number of sulfonamides is 1. The molecule has 1 unspecified atom stereocenters. The Labute approximate surface area is 96.4 Å². The molecule has 0 amide bonds. The van der Waals surface area contributed by atoms with E-state index in [0.717, 1.165) is 5.56 Å². The van der Waals surface area contributed by atoms with E-state index < -0.39 is 16.1 Å². The molecule has 0 fully saturated rings. The van der Waals surface area contributed by atoms with Crippen molar-refractivity contribution in [2.75, 3.05) is 6.61 Å². The van der Waals surface area contributed by atoms with Crippen LogP contribution in [0.25, 0.3) is 0 Å². The molecule has 0 spiro atoms. The Bertz CT molecular complexity index is 468. The highest BCUT2D eigenvalue weighted by molar-refractivity contribution is 7.89. The summed E-state index contributed by atoms with van der Waals surface area (Å²) in [7, 11) is -3.53. The molecule has 4 nitrogen and oxygen atoms in total. The van der Waals surface area contributed by atoms with E-state index in [-0.39, 0.29) is 11.5 Å². The molecular formula is C11H17NO3S. The fraction of sp³-hybridized carbons (Fsp3) is 0.455. The van der Waals surface area contributed by atoms with Crippen LogP contribution in [0.15, 0.2) is 23.1 Å². The minimum atomic E-state index is -3.53.